The van der Waals surface area contributed by atoms with Gasteiger partial charge in [0, 0.05) is 24.2 Å². The molecule has 2 aromatic carbocycles. The smallest absolute Gasteiger partial charge is 0.311 e. The quantitative estimate of drug-likeness (QED) is 0.678. The summed E-state index contributed by atoms with van der Waals surface area (Å²) in [7, 11) is 1.34. The molecule has 6 heteroatoms. The minimum Gasteiger partial charge on any atom is -0.469 e. The lowest BCUT2D eigenvalue weighted by Gasteiger charge is -2.16. The third-order valence-corrected chi connectivity index (χ3v) is 4.72. The van der Waals surface area contributed by atoms with Crippen LogP contribution in [-0.4, -0.2) is 30.5 Å². The molecule has 1 aliphatic rings. The van der Waals surface area contributed by atoms with Crippen LogP contribution in [0.5, 0.6) is 0 Å². The van der Waals surface area contributed by atoms with Crippen molar-refractivity contribution in [1.82, 2.24) is 4.98 Å². The summed E-state index contributed by atoms with van der Waals surface area (Å²) in [5, 5.41) is 0. The molecular formula is C20H18N2O4. The standard InChI is InChI=1S/C20H18N2O4/c1-12-5-3-4-6-15(12)19-21-16-10-14(7-8-17(16)26-19)22-11-13(9-18(22)23)20(24)25-2/h3-8,10,13H,9,11H2,1-2H3/t13-/m1/s1. The zero-order valence-electron chi connectivity index (χ0n) is 14.6. The molecule has 1 aliphatic heterocycles. The fraction of sp³-hybridized carbons (Fsp3) is 0.250. The van der Waals surface area contributed by atoms with E-state index in [0.29, 0.717) is 29.2 Å². The summed E-state index contributed by atoms with van der Waals surface area (Å²) in [6, 6.07) is 13.3. The number of carbonyl (C=O) groups is 2. The van der Waals surface area contributed by atoms with Crippen LogP contribution in [-0.2, 0) is 14.3 Å². The van der Waals surface area contributed by atoms with Crippen LogP contribution in [0, 0.1) is 12.8 Å². The first-order valence-corrected chi connectivity index (χ1v) is 8.41. The van der Waals surface area contributed by atoms with E-state index in [-0.39, 0.29) is 18.3 Å². The van der Waals surface area contributed by atoms with Crippen molar-refractivity contribution in [3.8, 4) is 11.5 Å². The van der Waals surface area contributed by atoms with Gasteiger partial charge in [0.2, 0.25) is 11.8 Å². The van der Waals surface area contributed by atoms with E-state index in [1.54, 1.807) is 11.0 Å². The number of fused-ring (bicyclic) bond motifs is 1. The molecule has 0 aliphatic carbocycles. The highest BCUT2D eigenvalue weighted by atomic mass is 16.5. The number of hydrogen-bond donors (Lipinski definition) is 0. The molecule has 132 valence electrons. The highest BCUT2D eigenvalue weighted by Crippen LogP contribution is 2.31. The van der Waals surface area contributed by atoms with Crippen LogP contribution >= 0.6 is 0 Å². The number of aryl methyl sites for hydroxylation is 1. The molecule has 0 spiro atoms. The lowest BCUT2D eigenvalue weighted by Crippen LogP contribution is -2.26. The molecule has 1 atom stereocenters. The minimum atomic E-state index is -0.428. The van der Waals surface area contributed by atoms with E-state index in [2.05, 4.69) is 4.98 Å². The molecule has 0 bridgehead atoms. The number of hydrogen-bond acceptors (Lipinski definition) is 5. The summed E-state index contributed by atoms with van der Waals surface area (Å²) in [4.78, 5) is 30.2. The van der Waals surface area contributed by atoms with Gasteiger partial charge in [0.25, 0.3) is 0 Å². The Labute approximate surface area is 150 Å². The van der Waals surface area contributed by atoms with Crippen LogP contribution in [0.3, 0.4) is 0 Å². The van der Waals surface area contributed by atoms with Crippen LogP contribution in [0.4, 0.5) is 5.69 Å². The van der Waals surface area contributed by atoms with Crippen LogP contribution in [0.15, 0.2) is 46.9 Å². The summed E-state index contributed by atoms with van der Waals surface area (Å²) < 4.78 is 10.6. The van der Waals surface area contributed by atoms with E-state index in [1.807, 2.05) is 43.3 Å². The topological polar surface area (TPSA) is 72.6 Å². The third-order valence-electron chi connectivity index (χ3n) is 4.72. The average Bonchev–Trinajstić information content (AvgIpc) is 3.24. The molecule has 0 N–H and O–H groups in total. The average molecular weight is 350 g/mol. The van der Waals surface area contributed by atoms with E-state index in [9.17, 15) is 9.59 Å². The second-order valence-electron chi connectivity index (χ2n) is 6.41. The number of ether oxygens (including phenoxy) is 1. The van der Waals surface area contributed by atoms with Gasteiger partial charge >= 0.3 is 5.97 Å². The SMILES string of the molecule is COC(=O)[C@@H]1CC(=O)N(c2ccc3oc(-c4ccccc4C)nc3c2)C1. The Balaban J connectivity index is 1.67. The van der Waals surface area contributed by atoms with Gasteiger partial charge in [0.05, 0.1) is 13.0 Å². The first-order valence-electron chi connectivity index (χ1n) is 8.41. The van der Waals surface area contributed by atoms with Crippen molar-refractivity contribution in [2.75, 3.05) is 18.6 Å². The number of rotatable bonds is 3. The maximum absolute atomic E-state index is 12.3. The lowest BCUT2D eigenvalue weighted by atomic mass is 10.1. The van der Waals surface area contributed by atoms with Crippen molar-refractivity contribution >= 4 is 28.7 Å². The van der Waals surface area contributed by atoms with E-state index in [0.717, 1.165) is 11.1 Å². The summed E-state index contributed by atoms with van der Waals surface area (Å²) in [5.41, 5.74) is 4.06. The van der Waals surface area contributed by atoms with Crippen LogP contribution in [0.1, 0.15) is 12.0 Å². The first kappa shape index (κ1) is 16.3. The molecule has 0 unspecified atom stereocenters. The second-order valence-corrected chi connectivity index (χ2v) is 6.41. The summed E-state index contributed by atoms with van der Waals surface area (Å²) >= 11 is 0. The van der Waals surface area contributed by atoms with E-state index >= 15 is 0 Å². The van der Waals surface area contributed by atoms with Gasteiger partial charge in [-0.2, -0.15) is 0 Å². The van der Waals surface area contributed by atoms with Gasteiger partial charge in [-0.15, -0.1) is 0 Å². The van der Waals surface area contributed by atoms with Gasteiger partial charge in [-0.3, -0.25) is 9.59 Å². The molecule has 6 nitrogen and oxygen atoms in total. The molecule has 0 saturated carbocycles. The number of benzene rings is 2. The van der Waals surface area contributed by atoms with Crippen LogP contribution in [0.25, 0.3) is 22.6 Å². The zero-order valence-corrected chi connectivity index (χ0v) is 14.6. The molecule has 1 fully saturated rings. The molecule has 4 rings (SSSR count). The Morgan fingerprint density at radius 3 is 2.85 bits per heavy atom. The van der Waals surface area contributed by atoms with Gasteiger partial charge in [-0.25, -0.2) is 4.98 Å². The number of anilines is 1. The Kier molecular flexibility index (Phi) is 3.95. The molecule has 0 radical (unpaired) electrons. The number of nitrogens with zero attached hydrogens (tertiary/aromatic N) is 2. The highest BCUT2D eigenvalue weighted by molar-refractivity contribution is 6.00. The first-order chi connectivity index (χ1) is 12.6. The second kappa shape index (κ2) is 6.29. The van der Waals surface area contributed by atoms with Gasteiger partial charge in [-0.05, 0) is 36.8 Å². The number of aromatic nitrogens is 1. The number of carbonyl (C=O) groups excluding carboxylic acids is 2. The summed E-state index contributed by atoms with van der Waals surface area (Å²) in [6.45, 7) is 2.32. The molecule has 3 aromatic rings. The number of esters is 1. The molecule has 2 heterocycles. The maximum Gasteiger partial charge on any atom is 0.311 e. The predicted molar refractivity (Wildman–Crippen MR) is 96.7 cm³/mol. The summed E-state index contributed by atoms with van der Waals surface area (Å²) in [6.07, 6.45) is 0.165. The Hall–Kier alpha value is -3.15. The zero-order chi connectivity index (χ0) is 18.3. The van der Waals surface area contributed by atoms with Gasteiger partial charge < -0.3 is 14.1 Å². The molecule has 1 saturated heterocycles. The normalized spacial score (nSPS) is 17.1. The van der Waals surface area contributed by atoms with Crippen molar-refractivity contribution in [2.24, 2.45) is 5.92 Å². The Morgan fingerprint density at radius 1 is 1.27 bits per heavy atom. The molecule has 26 heavy (non-hydrogen) atoms. The van der Waals surface area contributed by atoms with Crippen molar-refractivity contribution in [3.63, 3.8) is 0 Å². The van der Waals surface area contributed by atoms with E-state index in [1.165, 1.54) is 7.11 Å². The minimum absolute atomic E-state index is 0.0950. The van der Waals surface area contributed by atoms with Crippen molar-refractivity contribution in [1.29, 1.82) is 0 Å². The van der Waals surface area contributed by atoms with Gasteiger partial charge in [-0.1, -0.05) is 18.2 Å². The lowest BCUT2D eigenvalue weighted by molar-refractivity contribution is -0.145. The maximum atomic E-state index is 12.3. The molecule has 1 aromatic heterocycles. The molecular weight excluding hydrogens is 332 g/mol. The Morgan fingerprint density at radius 2 is 2.08 bits per heavy atom. The van der Waals surface area contributed by atoms with Gasteiger partial charge in [0.1, 0.15) is 5.52 Å². The van der Waals surface area contributed by atoms with Crippen LogP contribution < -0.4 is 4.90 Å². The predicted octanol–water partition coefficient (Wildman–Crippen LogP) is 3.33. The van der Waals surface area contributed by atoms with E-state index in [4.69, 9.17) is 9.15 Å². The summed E-state index contributed by atoms with van der Waals surface area (Å²) in [5.74, 6) is -0.328. The van der Waals surface area contributed by atoms with Crippen LogP contribution in [0.2, 0.25) is 0 Å². The van der Waals surface area contributed by atoms with Crippen molar-refractivity contribution < 1.29 is 18.7 Å². The van der Waals surface area contributed by atoms with E-state index < -0.39 is 5.92 Å². The number of amides is 1. The van der Waals surface area contributed by atoms with Gasteiger partial charge in [0.15, 0.2) is 5.58 Å². The Bertz CT molecular complexity index is 1010. The number of methoxy groups -OCH3 is 1. The fourth-order valence-corrected chi connectivity index (χ4v) is 3.29. The molecule has 1 amide bonds. The van der Waals surface area contributed by atoms with Crippen molar-refractivity contribution in [2.45, 2.75) is 13.3 Å². The fourth-order valence-electron chi connectivity index (χ4n) is 3.29. The largest absolute Gasteiger partial charge is 0.469 e. The monoisotopic (exact) mass is 350 g/mol. The number of oxazole rings is 1. The van der Waals surface area contributed by atoms with Crippen molar-refractivity contribution in [3.05, 3.63) is 48.0 Å². The highest BCUT2D eigenvalue weighted by Gasteiger charge is 2.36. The third kappa shape index (κ3) is 2.73.